The third kappa shape index (κ3) is 19.3. The van der Waals surface area contributed by atoms with Crippen LogP contribution in [-0.4, -0.2) is 68.1 Å². The van der Waals surface area contributed by atoms with Crippen LogP contribution in [0.15, 0.2) is 12.7 Å². The third-order valence-electron chi connectivity index (χ3n) is 6.42. The van der Waals surface area contributed by atoms with E-state index in [-0.39, 0.29) is 12.5 Å². The van der Waals surface area contributed by atoms with E-state index < -0.39 is 24.0 Å². The van der Waals surface area contributed by atoms with Crippen molar-refractivity contribution in [1.29, 1.82) is 0 Å². The van der Waals surface area contributed by atoms with Gasteiger partial charge in [0.25, 0.3) is 5.91 Å². The predicted octanol–water partition coefficient (Wildman–Crippen LogP) is 5.28. The van der Waals surface area contributed by atoms with Crippen molar-refractivity contribution >= 4 is 17.8 Å². The van der Waals surface area contributed by atoms with E-state index in [1.165, 1.54) is 77.0 Å². The van der Waals surface area contributed by atoms with Gasteiger partial charge in [-0.05, 0) is 26.3 Å². The van der Waals surface area contributed by atoms with E-state index in [0.717, 1.165) is 12.8 Å². The first-order valence-electron chi connectivity index (χ1n) is 14.3. The molecular formula is C29H56N3O4+. The lowest BCUT2D eigenvalue weighted by Crippen LogP contribution is -2.53. The number of ether oxygens (including phenoxy) is 1. The molecule has 2 atom stereocenters. The Morgan fingerprint density at radius 2 is 1.25 bits per heavy atom. The van der Waals surface area contributed by atoms with E-state index in [0.29, 0.717) is 17.6 Å². The maximum absolute atomic E-state index is 12.3. The highest BCUT2D eigenvalue weighted by atomic mass is 16.5. The molecule has 0 aromatic carbocycles. The van der Waals surface area contributed by atoms with Gasteiger partial charge < -0.3 is 19.9 Å². The van der Waals surface area contributed by atoms with Crippen LogP contribution < -0.4 is 10.6 Å². The second-order valence-electron chi connectivity index (χ2n) is 10.8. The minimum atomic E-state index is -0.753. The van der Waals surface area contributed by atoms with Crippen LogP contribution in [0.25, 0.3) is 0 Å². The largest absolute Gasteiger partial charge is 0.464 e. The third-order valence-corrected chi connectivity index (χ3v) is 6.42. The lowest BCUT2D eigenvalue weighted by molar-refractivity contribution is -0.876. The van der Waals surface area contributed by atoms with Crippen LogP contribution in [0.1, 0.15) is 111 Å². The molecule has 0 spiro atoms. The number of likely N-dealkylation sites (N-methyl/N-ethyl adjacent to an activating group) is 1. The zero-order valence-corrected chi connectivity index (χ0v) is 24.0. The van der Waals surface area contributed by atoms with Crippen LogP contribution in [0.2, 0.25) is 0 Å². The molecule has 36 heavy (non-hydrogen) atoms. The van der Waals surface area contributed by atoms with E-state index in [4.69, 9.17) is 4.74 Å². The Labute approximate surface area is 221 Å². The lowest BCUT2D eigenvalue weighted by Gasteiger charge is -2.28. The molecule has 0 heterocycles. The first-order chi connectivity index (χ1) is 17.1. The molecule has 2 amide bonds. The highest BCUT2D eigenvalue weighted by Gasteiger charge is 2.24. The summed E-state index contributed by atoms with van der Waals surface area (Å²) in [7, 11) is 3.84. The van der Waals surface area contributed by atoms with Crippen molar-refractivity contribution in [3.8, 4) is 0 Å². The number of nitrogens with zero attached hydrogens (tertiary/aromatic N) is 1. The van der Waals surface area contributed by atoms with Gasteiger partial charge in [0.15, 0.2) is 6.54 Å². The number of rotatable bonds is 23. The maximum Gasteiger partial charge on any atom is 0.328 e. The summed E-state index contributed by atoms with van der Waals surface area (Å²) in [5.41, 5.74) is 0. The molecule has 0 rings (SSSR count). The number of unbranched alkanes of at least 4 members (excludes halogenated alkanes) is 13. The van der Waals surface area contributed by atoms with Gasteiger partial charge in [-0.25, -0.2) is 4.79 Å². The summed E-state index contributed by atoms with van der Waals surface area (Å²) in [5.74, 6) is -1.07. The number of carbonyl (C=O) groups excluding carboxylic acids is 3. The molecule has 0 saturated heterocycles. The average molecular weight is 511 g/mol. The fraction of sp³-hybridized carbons (Fsp3) is 0.828. The first-order valence-corrected chi connectivity index (χ1v) is 14.3. The topological polar surface area (TPSA) is 84.5 Å². The highest BCUT2D eigenvalue weighted by Crippen LogP contribution is 2.13. The molecule has 2 N–H and O–H groups in total. The molecule has 0 aliphatic carbocycles. The zero-order valence-electron chi connectivity index (χ0n) is 24.0. The summed E-state index contributed by atoms with van der Waals surface area (Å²) in [5, 5.41) is 5.31. The normalized spacial score (nSPS) is 13.0. The molecule has 0 saturated carbocycles. The van der Waals surface area contributed by atoms with Gasteiger partial charge in [-0.1, -0.05) is 97.0 Å². The van der Waals surface area contributed by atoms with Crippen molar-refractivity contribution in [1.82, 2.24) is 10.6 Å². The summed E-state index contributed by atoms with van der Waals surface area (Å²) in [6.45, 7) is 10.4. The molecule has 2 unspecified atom stereocenters. The second kappa shape index (κ2) is 21.2. The number of nitrogens with one attached hydrogen (secondary N) is 2. The van der Waals surface area contributed by atoms with Gasteiger partial charge >= 0.3 is 5.97 Å². The van der Waals surface area contributed by atoms with Crippen LogP contribution in [0.3, 0.4) is 0 Å². The smallest absolute Gasteiger partial charge is 0.328 e. The van der Waals surface area contributed by atoms with Gasteiger partial charge in [0.05, 0.1) is 27.2 Å². The first kappa shape index (κ1) is 34.1. The number of carbonyl (C=O) groups is 3. The molecular weight excluding hydrogens is 454 g/mol. The molecule has 0 aromatic heterocycles. The lowest BCUT2D eigenvalue weighted by atomic mass is 10.0. The molecule has 7 heteroatoms. The fourth-order valence-electron chi connectivity index (χ4n) is 4.15. The number of hydrogen-bond donors (Lipinski definition) is 2. The number of hydrogen-bond acceptors (Lipinski definition) is 4. The van der Waals surface area contributed by atoms with Crippen LogP contribution in [-0.2, 0) is 19.1 Å². The average Bonchev–Trinajstić information content (AvgIpc) is 2.80. The summed E-state index contributed by atoms with van der Waals surface area (Å²) in [6.07, 6.45) is 19.7. The maximum atomic E-state index is 12.3. The monoisotopic (exact) mass is 510 g/mol. The summed E-state index contributed by atoms with van der Waals surface area (Å²) >= 11 is 0. The predicted molar refractivity (Wildman–Crippen MR) is 149 cm³/mol. The van der Waals surface area contributed by atoms with Crippen LogP contribution >= 0.6 is 0 Å². The van der Waals surface area contributed by atoms with Crippen molar-refractivity contribution < 1.29 is 23.6 Å². The van der Waals surface area contributed by atoms with Crippen molar-refractivity contribution in [2.45, 2.75) is 123 Å². The van der Waals surface area contributed by atoms with E-state index in [9.17, 15) is 14.4 Å². The van der Waals surface area contributed by atoms with E-state index in [2.05, 4.69) is 24.1 Å². The Kier molecular flexibility index (Phi) is 20.1. The Morgan fingerprint density at radius 1 is 0.778 bits per heavy atom. The number of quaternary nitrogens is 1. The molecule has 0 fully saturated rings. The standard InChI is InChI=1S/C29H55N3O4/c1-7-9-10-11-12-13-14-15-16-17-18-19-20-21-23-36-29(35)26(4)31-28(34)25(3)30-27(33)24-32(5,6)22-8-2/h8,25-26H,2,7,9-24H2,1,3-6H3,(H-,30,31,33,34)/p+1. The molecule has 7 nitrogen and oxygen atoms in total. The SMILES string of the molecule is C=CC[N+](C)(C)CC(=O)NC(C)C(=O)NC(C)C(=O)OCCCCCCCCCCCCCCCC. The number of esters is 1. The van der Waals surface area contributed by atoms with Gasteiger partial charge in [-0.3, -0.25) is 9.59 Å². The zero-order chi connectivity index (χ0) is 27.2. The molecule has 0 radical (unpaired) electrons. The Morgan fingerprint density at radius 3 is 1.72 bits per heavy atom. The quantitative estimate of drug-likeness (QED) is 0.0847. The van der Waals surface area contributed by atoms with Gasteiger partial charge in [-0.15, -0.1) is 0 Å². The van der Waals surface area contributed by atoms with Gasteiger partial charge in [-0.2, -0.15) is 0 Å². The summed E-state index contributed by atoms with van der Waals surface area (Å²) in [6, 6.07) is -1.49. The van der Waals surface area contributed by atoms with Crippen molar-refractivity contribution in [3.05, 3.63) is 12.7 Å². The van der Waals surface area contributed by atoms with Crippen molar-refractivity contribution in [3.63, 3.8) is 0 Å². The van der Waals surface area contributed by atoms with E-state index in [1.54, 1.807) is 19.9 Å². The highest BCUT2D eigenvalue weighted by molar-refractivity contribution is 5.90. The fourth-order valence-corrected chi connectivity index (χ4v) is 4.15. The number of amides is 2. The molecule has 0 aliphatic rings. The van der Waals surface area contributed by atoms with Crippen LogP contribution in [0, 0.1) is 0 Å². The molecule has 0 aromatic rings. The molecule has 0 bridgehead atoms. The van der Waals surface area contributed by atoms with Crippen LogP contribution in [0.5, 0.6) is 0 Å². The molecule has 0 aliphatic heterocycles. The second-order valence-corrected chi connectivity index (χ2v) is 10.8. The van der Waals surface area contributed by atoms with E-state index in [1.807, 2.05) is 14.1 Å². The van der Waals surface area contributed by atoms with Crippen molar-refractivity contribution in [2.24, 2.45) is 0 Å². The summed E-state index contributed by atoms with van der Waals surface area (Å²) < 4.78 is 5.76. The molecule has 210 valence electrons. The van der Waals surface area contributed by atoms with Gasteiger partial charge in [0.2, 0.25) is 5.91 Å². The summed E-state index contributed by atoms with van der Waals surface area (Å²) in [4.78, 5) is 36.7. The minimum Gasteiger partial charge on any atom is -0.464 e. The van der Waals surface area contributed by atoms with Crippen molar-refractivity contribution in [2.75, 3.05) is 33.8 Å². The van der Waals surface area contributed by atoms with Crippen LogP contribution in [0.4, 0.5) is 0 Å². The van der Waals surface area contributed by atoms with Gasteiger partial charge in [0, 0.05) is 0 Å². The van der Waals surface area contributed by atoms with Gasteiger partial charge in [0.1, 0.15) is 12.1 Å². The Bertz CT molecular complexity index is 622. The Balaban J connectivity index is 3.79. The van der Waals surface area contributed by atoms with E-state index >= 15 is 0 Å². The Hall–Kier alpha value is -1.89. The minimum absolute atomic E-state index is 0.225.